The molecular formula is C33H34N4O6. The zero-order valence-electron chi connectivity index (χ0n) is 24.5. The van der Waals surface area contributed by atoms with Crippen molar-refractivity contribution < 1.29 is 30.0 Å². The Hall–Kier alpha value is -5.52. The van der Waals surface area contributed by atoms with Gasteiger partial charge in [0.05, 0.1) is 15.9 Å². The van der Waals surface area contributed by atoms with Crippen LogP contribution in [0.25, 0.3) is 29.3 Å². The Morgan fingerprint density at radius 1 is 0.674 bits per heavy atom. The lowest BCUT2D eigenvalue weighted by molar-refractivity contribution is -0.138. The molecule has 0 unspecified atom stereocenters. The summed E-state index contributed by atoms with van der Waals surface area (Å²) in [6.07, 6.45) is 4.03. The Morgan fingerprint density at radius 2 is 1.23 bits per heavy atom. The Bertz CT molecular complexity index is 2210. The van der Waals surface area contributed by atoms with E-state index in [4.69, 9.17) is 0 Å². The third-order valence-electron chi connectivity index (χ3n) is 7.70. The number of H-pyrrole nitrogens is 4. The van der Waals surface area contributed by atoms with E-state index in [0.717, 1.165) is 27.9 Å². The van der Waals surface area contributed by atoms with Crippen LogP contribution in [0.4, 0.5) is 0 Å². The second-order valence-electron chi connectivity index (χ2n) is 10.4. The van der Waals surface area contributed by atoms with Crippen LogP contribution in [-0.2, 0) is 22.4 Å². The molecule has 0 fully saturated rings. The van der Waals surface area contributed by atoms with E-state index in [0.29, 0.717) is 48.7 Å². The van der Waals surface area contributed by atoms with Crippen LogP contribution in [0.1, 0.15) is 57.6 Å². The summed E-state index contributed by atoms with van der Waals surface area (Å²) in [5.41, 5.74) is 14.6. The van der Waals surface area contributed by atoms with Crippen molar-refractivity contribution in [3.63, 3.8) is 0 Å². The van der Waals surface area contributed by atoms with Gasteiger partial charge in [0.1, 0.15) is 5.35 Å². The largest absolute Gasteiger partial charge is 0.494 e. The van der Waals surface area contributed by atoms with Crippen molar-refractivity contribution in [3.8, 4) is 11.8 Å². The van der Waals surface area contributed by atoms with Crippen LogP contribution in [0.2, 0.25) is 0 Å². The Kier molecular flexibility index (Phi) is 8.60. The van der Waals surface area contributed by atoms with Gasteiger partial charge in [0.15, 0.2) is 11.8 Å². The van der Waals surface area contributed by atoms with Gasteiger partial charge in [-0.05, 0) is 74.9 Å². The first-order chi connectivity index (χ1) is 20.4. The molecule has 0 radical (unpaired) electrons. The van der Waals surface area contributed by atoms with Gasteiger partial charge in [-0.15, -0.1) is 11.5 Å². The van der Waals surface area contributed by atoms with Gasteiger partial charge in [-0.1, -0.05) is 18.9 Å². The van der Waals surface area contributed by atoms with Crippen LogP contribution < -0.4 is 31.8 Å². The molecule has 0 aliphatic heterocycles. The number of aromatic amines is 4. The maximum atomic E-state index is 11.4. The second-order valence-corrected chi connectivity index (χ2v) is 10.4. The molecule has 10 heteroatoms. The standard InChI is InChI=1S/C33H34N4O6/c1-7-20-18(5)32(42)36-26(20)14-28-22(9-11-30(38)39)16(3)24(34-28)13-25-17(4)23(10-12-31(40)41)29(35-25)15-27-21(8-2)19(6)33(43)37-27/h13-14,34-37,42-43H,1-2,9-12H2,3-6H3,(H,38,39)(H,40,41). The highest BCUT2D eigenvalue weighted by molar-refractivity contribution is 5.69. The fourth-order valence-electron chi connectivity index (χ4n) is 5.20. The van der Waals surface area contributed by atoms with Crippen molar-refractivity contribution in [1.29, 1.82) is 0 Å². The average molecular weight is 583 g/mol. The summed E-state index contributed by atoms with van der Waals surface area (Å²) in [6, 6.07) is 0. The number of carboxylic acids is 2. The van der Waals surface area contributed by atoms with E-state index < -0.39 is 11.9 Å². The lowest BCUT2D eigenvalue weighted by Gasteiger charge is -2.00. The minimum Gasteiger partial charge on any atom is -0.494 e. The van der Waals surface area contributed by atoms with Gasteiger partial charge >= 0.3 is 11.9 Å². The third-order valence-corrected chi connectivity index (χ3v) is 7.70. The average Bonchev–Trinajstić information content (AvgIpc) is 3.59. The fourth-order valence-corrected chi connectivity index (χ4v) is 5.20. The van der Waals surface area contributed by atoms with E-state index >= 15 is 0 Å². The summed E-state index contributed by atoms with van der Waals surface area (Å²) in [7, 11) is 0. The SMILES string of the molecule is C=C=c1c(C)c(O)[nH]c1=C=c1[nH]c(=Cc2[nH]c(C=c3[nH]c(O)c(C)c3=C=C)c(CCC(=O)O)c2C)c(C)c1CCC(=O)O. The molecule has 0 aliphatic rings. The van der Waals surface area contributed by atoms with Gasteiger partial charge in [0.2, 0.25) is 0 Å². The molecule has 10 nitrogen and oxygen atoms in total. The number of nitrogens with one attached hydrogen (secondary N) is 4. The van der Waals surface area contributed by atoms with Crippen LogP contribution in [0.5, 0.6) is 11.8 Å². The van der Waals surface area contributed by atoms with Gasteiger partial charge in [-0.3, -0.25) is 9.59 Å². The molecule has 0 amide bonds. The molecule has 43 heavy (non-hydrogen) atoms. The second kappa shape index (κ2) is 12.1. The summed E-state index contributed by atoms with van der Waals surface area (Å²) in [5, 5.41) is 42.6. The predicted octanol–water partition coefficient (Wildman–Crippen LogP) is 0.218. The summed E-state index contributed by atoms with van der Waals surface area (Å²) in [5.74, 6) is -1.89. The van der Waals surface area contributed by atoms with Gasteiger partial charge in [-0.25, -0.2) is 0 Å². The molecule has 0 bridgehead atoms. The van der Waals surface area contributed by atoms with Crippen LogP contribution in [-0.4, -0.2) is 52.3 Å². The van der Waals surface area contributed by atoms with Crippen molar-refractivity contribution in [2.75, 3.05) is 0 Å². The highest BCUT2D eigenvalue weighted by atomic mass is 16.4. The van der Waals surface area contributed by atoms with Crippen molar-refractivity contribution >= 4 is 41.3 Å². The lowest BCUT2D eigenvalue weighted by Crippen LogP contribution is -2.24. The minimum absolute atomic E-state index is 0.00160. The number of carboxylic acid groups (broad SMARTS) is 2. The zero-order valence-corrected chi connectivity index (χ0v) is 24.5. The van der Waals surface area contributed by atoms with E-state index in [1.54, 1.807) is 19.9 Å². The minimum atomic E-state index is -0.934. The van der Waals surface area contributed by atoms with Gasteiger partial charge in [0.25, 0.3) is 0 Å². The summed E-state index contributed by atoms with van der Waals surface area (Å²) < 4.78 is 0. The summed E-state index contributed by atoms with van der Waals surface area (Å²) in [4.78, 5) is 35.4. The molecule has 4 heterocycles. The maximum absolute atomic E-state index is 11.4. The molecular weight excluding hydrogens is 548 g/mol. The van der Waals surface area contributed by atoms with Crippen LogP contribution in [0, 0.1) is 27.7 Å². The number of aromatic nitrogens is 4. The lowest BCUT2D eigenvalue weighted by atomic mass is 10.0. The normalized spacial score (nSPS) is 11.9. The molecule has 0 saturated carbocycles. The smallest absolute Gasteiger partial charge is 0.303 e. The highest BCUT2D eigenvalue weighted by Crippen LogP contribution is 2.22. The predicted molar refractivity (Wildman–Crippen MR) is 163 cm³/mol. The zero-order chi connectivity index (χ0) is 31.6. The van der Waals surface area contributed by atoms with Gasteiger partial charge < -0.3 is 40.4 Å². The monoisotopic (exact) mass is 582 g/mol. The van der Waals surface area contributed by atoms with E-state index in [1.807, 2.05) is 19.9 Å². The van der Waals surface area contributed by atoms with Crippen molar-refractivity contribution in [2.24, 2.45) is 0 Å². The van der Waals surface area contributed by atoms with E-state index in [9.17, 15) is 30.0 Å². The van der Waals surface area contributed by atoms with E-state index in [-0.39, 0.29) is 37.4 Å². The molecule has 0 saturated heterocycles. The van der Waals surface area contributed by atoms with Gasteiger partial charge in [0, 0.05) is 45.9 Å². The molecule has 4 aromatic heterocycles. The molecule has 0 aliphatic carbocycles. The van der Waals surface area contributed by atoms with Gasteiger partial charge in [-0.2, -0.15) is 0 Å². The number of hydrogen-bond acceptors (Lipinski definition) is 4. The summed E-state index contributed by atoms with van der Waals surface area (Å²) >= 11 is 0. The molecule has 8 N–H and O–H groups in total. The number of aromatic hydroxyl groups is 2. The van der Waals surface area contributed by atoms with E-state index in [1.165, 1.54) is 0 Å². The van der Waals surface area contributed by atoms with Crippen LogP contribution >= 0.6 is 0 Å². The van der Waals surface area contributed by atoms with E-state index in [2.05, 4.69) is 50.3 Å². The topological polar surface area (TPSA) is 178 Å². The molecule has 4 rings (SSSR count). The quantitative estimate of drug-likeness (QED) is 0.147. The number of rotatable bonds is 8. The van der Waals surface area contributed by atoms with Crippen molar-refractivity contribution in [1.82, 2.24) is 19.9 Å². The Labute approximate surface area is 246 Å². The summed E-state index contributed by atoms with van der Waals surface area (Å²) in [6.45, 7) is 14.7. The van der Waals surface area contributed by atoms with Crippen LogP contribution in [0.15, 0.2) is 13.2 Å². The fraction of sp³-hybridized carbons (Fsp3) is 0.242. The first-order valence-electron chi connectivity index (χ1n) is 13.6. The first kappa shape index (κ1) is 30.4. The Morgan fingerprint density at radius 3 is 1.84 bits per heavy atom. The molecule has 222 valence electrons. The number of carbonyl (C=O) groups is 2. The molecule has 0 spiro atoms. The first-order valence-corrected chi connectivity index (χ1v) is 13.6. The maximum Gasteiger partial charge on any atom is 0.303 e. The molecule has 0 atom stereocenters. The number of aliphatic carboxylic acids is 2. The Balaban J connectivity index is 2.04. The van der Waals surface area contributed by atoms with Crippen molar-refractivity contribution in [2.45, 2.75) is 53.4 Å². The highest BCUT2D eigenvalue weighted by Gasteiger charge is 2.15. The van der Waals surface area contributed by atoms with Crippen molar-refractivity contribution in [3.05, 3.63) is 89.8 Å². The molecule has 4 aromatic rings. The van der Waals surface area contributed by atoms with Crippen LogP contribution in [0.3, 0.4) is 0 Å². The third kappa shape index (κ3) is 6.08. The molecule has 0 aromatic carbocycles. The number of hydrogen-bond donors (Lipinski definition) is 8.